The Labute approximate surface area is 202 Å². The summed E-state index contributed by atoms with van der Waals surface area (Å²) in [6.45, 7) is 5.92. The van der Waals surface area contributed by atoms with Crippen LogP contribution in [0.25, 0.3) is 0 Å². The van der Waals surface area contributed by atoms with Crippen molar-refractivity contribution in [3.8, 4) is 5.75 Å². The first-order valence-corrected chi connectivity index (χ1v) is 10.7. The van der Waals surface area contributed by atoms with E-state index in [1.165, 1.54) is 18.4 Å². The summed E-state index contributed by atoms with van der Waals surface area (Å²) in [7, 11) is 1.72. The second kappa shape index (κ2) is 13.5. The minimum Gasteiger partial charge on any atom is -0.496 e. The topological polar surface area (TPSA) is 82.0 Å². The van der Waals surface area contributed by atoms with Crippen LogP contribution < -0.4 is 15.4 Å². The fraction of sp³-hybridized carbons (Fsp3) is 0.478. The molecule has 0 bridgehead atoms. The number of aliphatic hydroxyl groups is 1. The maximum absolute atomic E-state index is 10.4. The van der Waals surface area contributed by atoms with Crippen LogP contribution >= 0.6 is 24.0 Å². The van der Waals surface area contributed by atoms with Crippen LogP contribution in [0.4, 0.5) is 0 Å². The van der Waals surface area contributed by atoms with Crippen molar-refractivity contribution in [1.82, 2.24) is 20.5 Å². The molecule has 0 aliphatic carbocycles. The predicted octanol–water partition coefficient (Wildman–Crippen LogP) is 3.13. The molecular weight excluding hydrogens is 505 g/mol. The monoisotopic (exact) mass is 539 g/mol. The molecule has 1 saturated heterocycles. The SMILES string of the molecule is CCNC(=NCC(c1ccccc1OC)N1CCCC1)NCC(O)c1ccncc1.I. The van der Waals surface area contributed by atoms with E-state index in [0.717, 1.165) is 30.9 Å². The number of para-hydroxylation sites is 1. The lowest BCUT2D eigenvalue weighted by atomic mass is 10.0. The number of aliphatic hydroxyl groups excluding tert-OH is 1. The van der Waals surface area contributed by atoms with E-state index in [0.29, 0.717) is 19.0 Å². The van der Waals surface area contributed by atoms with Gasteiger partial charge in [-0.05, 0) is 56.6 Å². The Kier molecular flexibility index (Phi) is 11.0. The van der Waals surface area contributed by atoms with Crippen molar-refractivity contribution in [2.24, 2.45) is 4.99 Å². The van der Waals surface area contributed by atoms with Gasteiger partial charge < -0.3 is 20.5 Å². The molecule has 1 fully saturated rings. The standard InChI is InChI=1S/C23H33N5O2.HI/c1-3-25-23(27-17-21(29)18-10-12-24-13-11-18)26-16-20(28-14-6-7-15-28)19-8-4-5-9-22(19)30-2;/h4-5,8-13,20-21,29H,3,6-7,14-17H2,1-2H3,(H2,25,26,27);1H. The molecule has 3 rings (SSSR count). The van der Waals surface area contributed by atoms with Crippen LogP contribution in [0, 0.1) is 0 Å². The number of aliphatic imine (C=N–C) groups is 1. The van der Waals surface area contributed by atoms with Gasteiger partial charge in [-0.2, -0.15) is 0 Å². The second-order valence-electron chi connectivity index (χ2n) is 7.40. The van der Waals surface area contributed by atoms with Gasteiger partial charge in [0.2, 0.25) is 0 Å². The zero-order valence-corrected chi connectivity index (χ0v) is 20.7. The number of hydrogen-bond donors (Lipinski definition) is 3. The average molecular weight is 539 g/mol. The summed E-state index contributed by atoms with van der Waals surface area (Å²) >= 11 is 0. The predicted molar refractivity (Wildman–Crippen MR) is 135 cm³/mol. The number of methoxy groups -OCH3 is 1. The normalized spacial score (nSPS) is 16.3. The quantitative estimate of drug-likeness (QED) is 0.258. The average Bonchev–Trinajstić information content (AvgIpc) is 3.33. The van der Waals surface area contributed by atoms with E-state index in [1.54, 1.807) is 19.5 Å². The zero-order valence-electron chi connectivity index (χ0n) is 18.3. The molecule has 0 saturated carbocycles. The number of rotatable bonds is 9. The molecule has 2 unspecified atom stereocenters. The molecule has 0 amide bonds. The van der Waals surface area contributed by atoms with Gasteiger partial charge in [-0.1, -0.05) is 18.2 Å². The summed E-state index contributed by atoms with van der Waals surface area (Å²) in [6.07, 6.45) is 5.18. The molecule has 2 aromatic rings. The number of nitrogens with zero attached hydrogens (tertiary/aromatic N) is 3. The number of aromatic nitrogens is 1. The Balaban J connectivity index is 0.00000341. The third-order valence-electron chi connectivity index (χ3n) is 5.40. The highest BCUT2D eigenvalue weighted by molar-refractivity contribution is 14.0. The molecule has 3 N–H and O–H groups in total. The number of benzene rings is 1. The van der Waals surface area contributed by atoms with Gasteiger partial charge in [-0.3, -0.25) is 14.9 Å². The Morgan fingerprint density at radius 3 is 2.55 bits per heavy atom. The van der Waals surface area contributed by atoms with Crippen LogP contribution in [-0.4, -0.2) is 60.8 Å². The van der Waals surface area contributed by atoms with E-state index in [4.69, 9.17) is 9.73 Å². The van der Waals surface area contributed by atoms with Crippen molar-refractivity contribution in [2.75, 3.05) is 39.8 Å². The van der Waals surface area contributed by atoms with Gasteiger partial charge in [0.25, 0.3) is 0 Å². The highest BCUT2D eigenvalue weighted by Gasteiger charge is 2.25. The van der Waals surface area contributed by atoms with Crippen LogP contribution in [0.15, 0.2) is 53.8 Å². The smallest absolute Gasteiger partial charge is 0.191 e. The fourth-order valence-corrected chi connectivity index (χ4v) is 3.82. The largest absolute Gasteiger partial charge is 0.496 e. The Bertz CT molecular complexity index is 800. The number of halogens is 1. The maximum Gasteiger partial charge on any atom is 0.191 e. The van der Waals surface area contributed by atoms with Crippen molar-refractivity contribution in [2.45, 2.75) is 31.9 Å². The van der Waals surface area contributed by atoms with E-state index in [9.17, 15) is 5.11 Å². The van der Waals surface area contributed by atoms with Gasteiger partial charge >= 0.3 is 0 Å². The first-order chi connectivity index (χ1) is 14.7. The lowest BCUT2D eigenvalue weighted by molar-refractivity contribution is 0.180. The number of nitrogens with one attached hydrogen (secondary N) is 2. The fourth-order valence-electron chi connectivity index (χ4n) is 3.82. The van der Waals surface area contributed by atoms with Crippen LogP contribution in [0.1, 0.15) is 43.0 Å². The Morgan fingerprint density at radius 1 is 1.16 bits per heavy atom. The molecule has 2 heterocycles. The minimum absolute atomic E-state index is 0. The number of guanidine groups is 1. The van der Waals surface area contributed by atoms with Crippen molar-refractivity contribution in [3.63, 3.8) is 0 Å². The molecule has 31 heavy (non-hydrogen) atoms. The molecule has 1 aliphatic heterocycles. The van der Waals surface area contributed by atoms with E-state index in [-0.39, 0.29) is 30.0 Å². The summed E-state index contributed by atoms with van der Waals surface area (Å²) in [5.41, 5.74) is 2.00. The highest BCUT2D eigenvalue weighted by atomic mass is 127. The maximum atomic E-state index is 10.4. The van der Waals surface area contributed by atoms with Crippen LogP contribution in [0.3, 0.4) is 0 Å². The zero-order chi connectivity index (χ0) is 21.2. The molecular formula is C23H34IN5O2. The number of likely N-dealkylation sites (tertiary alicyclic amines) is 1. The lowest BCUT2D eigenvalue weighted by Gasteiger charge is -2.28. The van der Waals surface area contributed by atoms with E-state index < -0.39 is 6.10 Å². The van der Waals surface area contributed by atoms with Gasteiger partial charge in [0, 0.05) is 31.0 Å². The van der Waals surface area contributed by atoms with Gasteiger partial charge in [-0.15, -0.1) is 24.0 Å². The third kappa shape index (κ3) is 7.33. The lowest BCUT2D eigenvalue weighted by Crippen LogP contribution is -2.40. The molecule has 7 nitrogen and oxygen atoms in total. The van der Waals surface area contributed by atoms with Crippen LogP contribution in [0.5, 0.6) is 5.75 Å². The van der Waals surface area contributed by atoms with Crippen molar-refractivity contribution in [1.29, 1.82) is 0 Å². The van der Waals surface area contributed by atoms with Crippen molar-refractivity contribution < 1.29 is 9.84 Å². The molecule has 0 spiro atoms. The van der Waals surface area contributed by atoms with Crippen molar-refractivity contribution in [3.05, 3.63) is 59.9 Å². The summed E-state index contributed by atoms with van der Waals surface area (Å²) in [6, 6.07) is 12.0. The van der Waals surface area contributed by atoms with Crippen LogP contribution in [-0.2, 0) is 0 Å². The number of ether oxygens (including phenoxy) is 1. The Morgan fingerprint density at radius 2 is 1.87 bits per heavy atom. The van der Waals surface area contributed by atoms with E-state index in [1.807, 2.05) is 31.2 Å². The molecule has 1 aliphatic rings. The van der Waals surface area contributed by atoms with Gasteiger partial charge in [0.05, 0.1) is 25.8 Å². The number of pyridine rings is 1. The third-order valence-corrected chi connectivity index (χ3v) is 5.40. The minimum atomic E-state index is -0.625. The van der Waals surface area contributed by atoms with Crippen LogP contribution in [0.2, 0.25) is 0 Å². The summed E-state index contributed by atoms with van der Waals surface area (Å²) < 4.78 is 5.62. The molecule has 1 aromatic heterocycles. The van der Waals surface area contributed by atoms with Gasteiger partial charge in [0.1, 0.15) is 5.75 Å². The highest BCUT2D eigenvalue weighted by Crippen LogP contribution is 2.31. The summed E-state index contributed by atoms with van der Waals surface area (Å²) in [5, 5.41) is 17.0. The summed E-state index contributed by atoms with van der Waals surface area (Å²) in [5.74, 6) is 1.60. The summed E-state index contributed by atoms with van der Waals surface area (Å²) in [4.78, 5) is 11.3. The Hall–Kier alpha value is -1.91. The first-order valence-electron chi connectivity index (χ1n) is 10.7. The first kappa shape index (κ1) is 25.4. The van der Waals surface area contributed by atoms with Gasteiger partial charge in [0.15, 0.2) is 5.96 Å². The number of hydrogen-bond acceptors (Lipinski definition) is 5. The molecule has 170 valence electrons. The molecule has 2 atom stereocenters. The van der Waals surface area contributed by atoms with E-state index in [2.05, 4.69) is 32.7 Å². The van der Waals surface area contributed by atoms with Gasteiger partial charge in [-0.25, -0.2) is 0 Å². The van der Waals surface area contributed by atoms with Crippen molar-refractivity contribution >= 4 is 29.9 Å². The molecule has 1 aromatic carbocycles. The van der Waals surface area contributed by atoms with E-state index >= 15 is 0 Å². The second-order valence-corrected chi connectivity index (χ2v) is 7.40. The molecule has 8 heteroatoms. The molecule has 0 radical (unpaired) electrons.